The summed E-state index contributed by atoms with van der Waals surface area (Å²) >= 11 is 0. The molecule has 0 spiro atoms. The predicted octanol–water partition coefficient (Wildman–Crippen LogP) is 4.15. The van der Waals surface area contributed by atoms with Crippen molar-refractivity contribution in [1.82, 2.24) is 0 Å². The molecule has 4 aliphatic carbocycles. The molecule has 0 saturated heterocycles. The van der Waals surface area contributed by atoms with Crippen molar-refractivity contribution in [2.45, 2.75) is 78.2 Å². The van der Waals surface area contributed by atoms with E-state index in [9.17, 15) is 5.11 Å². The monoisotopic (exact) mass is 260 g/mol. The quantitative estimate of drug-likeness (QED) is 0.756. The Labute approximate surface area is 118 Å². The van der Waals surface area contributed by atoms with Crippen LogP contribution in [0.3, 0.4) is 0 Å². The Morgan fingerprint density at radius 3 is 2.26 bits per heavy atom. The molecule has 3 atom stereocenters. The molecule has 0 aliphatic heterocycles. The molecule has 4 fully saturated rings. The van der Waals surface area contributed by atoms with Crippen LogP contribution in [0.15, 0.2) is 0 Å². The van der Waals surface area contributed by atoms with Crippen molar-refractivity contribution in [3.8, 4) is 11.8 Å². The van der Waals surface area contributed by atoms with E-state index in [1.165, 1.54) is 38.5 Å². The highest BCUT2D eigenvalue weighted by Crippen LogP contribution is 2.70. The van der Waals surface area contributed by atoms with Crippen molar-refractivity contribution < 1.29 is 5.11 Å². The average molecular weight is 260 g/mol. The predicted molar refractivity (Wildman–Crippen MR) is 78.5 cm³/mol. The van der Waals surface area contributed by atoms with Crippen LogP contribution in [0, 0.1) is 34.0 Å². The summed E-state index contributed by atoms with van der Waals surface area (Å²) in [5, 5.41) is 10.3. The third-order valence-electron chi connectivity index (χ3n) is 5.92. The van der Waals surface area contributed by atoms with Gasteiger partial charge in [-0.05, 0) is 74.0 Å². The Hall–Kier alpha value is -0.480. The highest BCUT2D eigenvalue weighted by molar-refractivity contribution is 5.11. The second-order valence-corrected chi connectivity index (χ2v) is 8.62. The largest absolute Gasteiger partial charge is 0.392 e. The van der Waals surface area contributed by atoms with Gasteiger partial charge in [-0.2, -0.15) is 0 Å². The topological polar surface area (TPSA) is 20.2 Å². The van der Waals surface area contributed by atoms with Gasteiger partial charge in [-0.15, -0.1) is 11.8 Å². The third-order valence-corrected chi connectivity index (χ3v) is 5.92. The molecular formula is C18H28O. The fraction of sp³-hybridized carbons (Fsp3) is 0.889. The van der Waals surface area contributed by atoms with Crippen molar-refractivity contribution >= 4 is 0 Å². The summed E-state index contributed by atoms with van der Waals surface area (Å²) in [4.78, 5) is 0. The minimum atomic E-state index is -0.212. The molecule has 0 aromatic rings. The second kappa shape index (κ2) is 4.26. The summed E-state index contributed by atoms with van der Waals surface area (Å²) in [6, 6.07) is 0. The number of aliphatic hydroxyl groups is 1. The van der Waals surface area contributed by atoms with Crippen LogP contribution in [0.25, 0.3) is 0 Å². The first-order chi connectivity index (χ1) is 8.86. The lowest BCUT2D eigenvalue weighted by Crippen LogP contribution is -2.55. The van der Waals surface area contributed by atoms with E-state index in [2.05, 4.69) is 25.7 Å². The van der Waals surface area contributed by atoms with Crippen LogP contribution in [-0.4, -0.2) is 11.2 Å². The van der Waals surface area contributed by atoms with Gasteiger partial charge in [0.2, 0.25) is 0 Å². The maximum absolute atomic E-state index is 10.3. The van der Waals surface area contributed by atoms with Crippen molar-refractivity contribution in [2.24, 2.45) is 22.2 Å². The van der Waals surface area contributed by atoms with E-state index in [0.29, 0.717) is 22.7 Å². The minimum Gasteiger partial charge on any atom is -0.392 e. The normalized spacial score (nSPS) is 48.7. The molecule has 4 rings (SSSR count). The molecule has 106 valence electrons. The third kappa shape index (κ3) is 2.45. The Kier molecular flexibility index (Phi) is 3.02. The van der Waals surface area contributed by atoms with E-state index in [0.717, 1.165) is 12.3 Å². The van der Waals surface area contributed by atoms with Gasteiger partial charge in [0.05, 0.1) is 6.10 Å². The smallest absolute Gasteiger partial charge is 0.0654 e. The van der Waals surface area contributed by atoms with Crippen LogP contribution >= 0.6 is 0 Å². The minimum absolute atomic E-state index is 0.212. The van der Waals surface area contributed by atoms with Gasteiger partial charge in [0.15, 0.2) is 0 Å². The number of rotatable bonds is 3. The molecule has 0 radical (unpaired) electrons. The van der Waals surface area contributed by atoms with Gasteiger partial charge >= 0.3 is 0 Å². The Balaban J connectivity index is 1.78. The highest BCUT2D eigenvalue weighted by atomic mass is 16.3. The van der Waals surface area contributed by atoms with Crippen molar-refractivity contribution in [3.05, 3.63) is 0 Å². The van der Waals surface area contributed by atoms with Gasteiger partial charge < -0.3 is 5.11 Å². The van der Waals surface area contributed by atoms with Crippen LogP contribution in [0.1, 0.15) is 72.1 Å². The van der Waals surface area contributed by atoms with E-state index in [-0.39, 0.29) is 6.10 Å². The lowest BCUT2D eigenvalue weighted by Gasteiger charge is -2.66. The molecule has 1 heteroatoms. The van der Waals surface area contributed by atoms with E-state index in [1.807, 2.05) is 6.92 Å². The lowest BCUT2D eigenvalue weighted by atomic mass is 9.39. The summed E-state index contributed by atoms with van der Waals surface area (Å²) < 4.78 is 0. The van der Waals surface area contributed by atoms with Gasteiger partial charge in [0, 0.05) is 6.42 Å². The van der Waals surface area contributed by atoms with E-state index < -0.39 is 0 Å². The van der Waals surface area contributed by atoms with Gasteiger partial charge in [0.1, 0.15) is 0 Å². The molecular weight excluding hydrogens is 232 g/mol. The van der Waals surface area contributed by atoms with Gasteiger partial charge in [-0.25, -0.2) is 0 Å². The van der Waals surface area contributed by atoms with Crippen molar-refractivity contribution in [3.63, 3.8) is 0 Å². The fourth-order valence-corrected chi connectivity index (χ4v) is 6.70. The molecule has 0 amide bonds. The highest BCUT2D eigenvalue weighted by Gasteiger charge is 2.59. The summed E-state index contributed by atoms with van der Waals surface area (Å²) in [5.41, 5.74) is 1.55. The van der Waals surface area contributed by atoms with Gasteiger partial charge in [-0.1, -0.05) is 13.8 Å². The molecule has 0 aromatic carbocycles. The molecule has 4 bridgehead atoms. The van der Waals surface area contributed by atoms with Crippen molar-refractivity contribution in [2.75, 3.05) is 0 Å². The van der Waals surface area contributed by atoms with Crippen LogP contribution in [0.2, 0.25) is 0 Å². The zero-order valence-electron chi connectivity index (χ0n) is 12.8. The number of aliphatic hydroxyl groups excluding tert-OH is 1. The maximum Gasteiger partial charge on any atom is 0.0654 e. The summed E-state index contributed by atoms with van der Waals surface area (Å²) in [5.74, 6) is 6.89. The second-order valence-electron chi connectivity index (χ2n) is 8.62. The van der Waals surface area contributed by atoms with Gasteiger partial charge in [-0.3, -0.25) is 0 Å². The summed E-state index contributed by atoms with van der Waals surface area (Å²) in [6.45, 7) is 6.87. The first-order valence-corrected chi connectivity index (χ1v) is 7.94. The summed E-state index contributed by atoms with van der Waals surface area (Å²) in [7, 11) is 0. The number of hydrogen-bond acceptors (Lipinski definition) is 1. The van der Waals surface area contributed by atoms with Crippen LogP contribution in [0.4, 0.5) is 0 Å². The zero-order valence-corrected chi connectivity index (χ0v) is 12.8. The van der Waals surface area contributed by atoms with Crippen LogP contribution < -0.4 is 0 Å². The van der Waals surface area contributed by atoms with Crippen molar-refractivity contribution in [1.29, 1.82) is 0 Å². The molecule has 1 nitrogen and oxygen atoms in total. The van der Waals surface area contributed by atoms with Crippen LogP contribution in [-0.2, 0) is 0 Å². The number of hydrogen-bond donors (Lipinski definition) is 1. The molecule has 0 heterocycles. The Morgan fingerprint density at radius 1 is 1.11 bits per heavy atom. The molecule has 3 unspecified atom stereocenters. The zero-order chi connectivity index (χ0) is 13.7. The SMILES string of the molecule is CC#CCC(O)CC12CC3CC(C)(CC(C)(C3)C1)C2. The molecule has 19 heavy (non-hydrogen) atoms. The lowest BCUT2D eigenvalue weighted by molar-refractivity contribution is -0.156. The Bertz CT molecular complexity index is 409. The first kappa shape index (κ1) is 13.5. The van der Waals surface area contributed by atoms with E-state index in [4.69, 9.17) is 0 Å². The van der Waals surface area contributed by atoms with Crippen LogP contribution in [0.5, 0.6) is 0 Å². The maximum atomic E-state index is 10.3. The molecule has 4 saturated carbocycles. The first-order valence-electron chi connectivity index (χ1n) is 7.94. The molecule has 0 aromatic heterocycles. The molecule has 4 aliphatic rings. The summed E-state index contributed by atoms with van der Waals surface area (Å²) in [6.07, 6.45) is 9.81. The Morgan fingerprint density at radius 2 is 1.74 bits per heavy atom. The van der Waals surface area contributed by atoms with E-state index >= 15 is 0 Å². The fourth-order valence-electron chi connectivity index (χ4n) is 6.70. The van der Waals surface area contributed by atoms with Gasteiger partial charge in [0.25, 0.3) is 0 Å². The molecule has 1 N–H and O–H groups in total. The van der Waals surface area contributed by atoms with E-state index in [1.54, 1.807) is 0 Å². The standard InChI is InChI=1S/C18H28O/c1-4-5-6-15(19)10-18-9-14-7-16(2,12-18)11-17(3,8-14)13-18/h14-15,19H,6-13H2,1-3H3. The average Bonchev–Trinajstić information content (AvgIpc) is 2.20.